The second-order valence-electron chi connectivity index (χ2n) is 4.88. The van der Waals surface area contributed by atoms with Crippen LogP contribution in [0, 0.1) is 13.8 Å². The van der Waals surface area contributed by atoms with E-state index in [0.29, 0.717) is 0 Å². The molecule has 102 valence electrons. The summed E-state index contributed by atoms with van der Waals surface area (Å²) in [5.41, 5.74) is 2.84. The van der Waals surface area contributed by atoms with Gasteiger partial charge in [0.1, 0.15) is 6.61 Å². The molecule has 1 aromatic carbocycles. The Kier molecular flexibility index (Phi) is 3.85. The standard InChI is InChI=1S/C14H17NO4/c1-9-3-10(2)5-11(4-9)15-12(6-14(17)18)7-19-8-13(15)16/h3-5,12H,6-8H2,1-2H3,(H,17,18). The second kappa shape index (κ2) is 5.40. The molecule has 1 heterocycles. The van der Waals surface area contributed by atoms with Crippen molar-refractivity contribution in [2.24, 2.45) is 0 Å². The monoisotopic (exact) mass is 263 g/mol. The smallest absolute Gasteiger partial charge is 0.305 e. The van der Waals surface area contributed by atoms with E-state index in [4.69, 9.17) is 9.84 Å². The lowest BCUT2D eigenvalue weighted by atomic mass is 10.1. The number of rotatable bonds is 3. The third-order valence-corrected chi connectivity index (χ3v) is 3.06. The highest BCUT2D eigenvalue weighted by atomic mass is 16.5. The van der Waals surface area contributed by atoms with Gasteiger partial charge in [0, 0.05) is 5.69 Å². The van der Waals surface area contributed by atoms with Gasteiger partial charge in [0.05, 0.1) is 19.1 Å². The van der Waals surface area contributed by atoms with Gasteiger partial charge in [-0.25, -0.2) is 0 Å². The lowest BCUT2D eigenvalue weighted by Crippen LogP contribution is -2.50. The molecule has 1 saturated heterocycles. The van der Waals surface area contributed by atoms with Crippen molar-refractivity contribution in [2.75, 3.05) is 18.1 Å². The Labute approximate surface area is 111 Å². The van der Waals surface area contributed by atoms with Crippen LogP contribution in [0.5, 0.6) is 0 Å². The molecule has 19 heavy (non-hydrogen) atoms. The van der Waals surface area contributed by atoms with E-state index in [1.54, 1.807) is 4.90 Å². The zero-order chi connectivity index (χ0) is 14.0. The van der Waals surface area contributed by atoms with Crippen molar-refractivity contribution >= 4 is 17.6 Å². The molecule has 0 radical (unpaired) electrons. The Morgan fingerprint density at radius 1 is 1.37 bits per heavy atom. The number of carbonyl (C=O) groups is 2. The summed E-state index contributed by atoms with van der Waals surface area (Å²) in [5.74, 6) is -1.12. The molecule has 1 aliphatic rings. The molecule has 5 nitrogen and oxygen atoms in total. The molecule has 1 amide bonds. The molecule has 0 aromatic heterocycles. The maximum absolute atomic E-state index is 12.0. The van der Waals surface area contributed by atoms with E-state index in [1.807, 2.05) is 32.0 Å². The highest BCUT2D eigenvalue weighted by Gasteiger charge is 2.31. The van der Waals surface area contributed by atoms with Crippen LogP contribution in [-0.2, 0) is 14.3 Å². The molecular weight excluding hydrogens is 246 g/mol. The summed E-state index contributed by atoms with van der Waals surface area (Å²) in [6.07, 6.45) is -0.112. The number of hydrogen-bond acceptors (Lipinski definition) is 3. The van der Waals surface area contributed by atoms with Gasteiger partial charge in [-0.05, 0) is 37.1 Å². The highest BCUT2D eigenvalue weighted by molar-refractivity contribution is 5.96. The molecule has 5 heteroatoms. The van der Waals surface area contributed by atoms with E-state index < -0.39 is 12.0 Å². The maximum atomic E-state index is 12.0. The van der Waals surface area contributed by atoms with Crippen LogP contribution in [0.4, 0.5) is 5.69 Å². The van der Waals surface area contributed by atoms with Crippen LogP contribution >= 0.6 is 0 Å². The fraction of sp³-hybridized carbons (Fsp3) is 0.429. The van der Waals surface area contributed by atoms with Crippen LogP contribution in [-0.4, -0.2) is 36.2 Å². The molecular formula is C14H17NO4. The number of carboxylic acids is 1. The summed E-state index contributed by atoms with van der Waals surface area (Å²) >= 11 is 0. The van der Waals surface area contributed by atoms with Crippen molar-refractivity contribution in [1.29, 1.82) is 0 Å². The van der Waals surface area contributed by atoms with Gasteiger partial charge in [-0.3, -0.25) is 9.59 Å². The van der Waals surface area contributed by atoms with Crippen LogP contribution < -0.4 is 4.90 Å². The topological polar surface area (TPSA) is 66.8 Å². The van der Waals surface area contributed by atoms with E-state index in [2.05, 4.69) is 0 Å². The van der Waals surface area contributed by atoms with Gasteiger partial charge in [-0.15, -0.1) is 0 Å². The number of hydrogen-bond donors (Lipinski definition) is 1. The maximum Gasteiger partial charge on any atom is 0.305 e. The third kappa shape index (κ3) is 3.12. The quantitative estimate of drug-likeness (QED) is 0.897. The van der Waals surface area contributed by atoms with Crippen molar-refractivity contribution in [3.05, 3.63) is 29.3 Å². The molecule has 1 aromatic rings. The zero-order valence-electron chi connectivity index (χ0n) is 11.0. The first-order valence-corrected chi connectivity index (χ1v) is 6.17. The Balaban J connectivity index is 2.35. The van der Waals surface area contributed by atoms with E-state index in [1.165, 1.54) is 0 Å². The number of ether oxygens (including phenoxy) is 1. The van der Waals surface area contributed by atoms with Crippen molar-refractivity contribution in [3.8, 4) is 0 Å². The summed E-state index contributed by atoms with van der Waals surface area (Å²) in [7, 11) is 0. The molecule has 1 N–H and O–H groups in total. The largest absolute Gasteiger partial charge is 0.481 e. The summed E-state index contributed by atoms with van der Waals surface area (Å²) in [4.78, 5) is 24.5. The lowest BCUT2D eigenvalue weighted by Gasteiger charge is -2.35. The number of morpholine rings is 1. The van der Waals surface area contributed by atoms with E-state index >= 15 is 0 Å². The summed E-state index contributed by atoms with van der Waals surface area (Å²) < 4.78 is 5.15. The van der Waals surface area contributed by atoms with Gasteiger partial charge in [0.15, 0.2) is 0 Å². The Morgan fingerprint density at radius 2 is 2.00 bits per heavy atom. The number of amides is 1. The minimum atomic E-state index is -0.933. The van der Waals surface area contributed by atoms with Crippen molar-refractivity contribution < 1.29 is 19.4 Å². The lowest BCUT2D eigenvalue weighted by molar-refractivity contribution is -0.138. The molecule has 1 fully saturated rings. The number of carbonyl (C=O) groups excluding carboxylic acids is 1. The first-order chi connectivity index (χ1) is 8.97. The van der Waals surface area contributed by atoms with Crippen molar-refractivity contribution in [2.45, 2.75) is 26.3 Å². The van der Waals surface area contributed by atoms with Crippen LogP contribution in [0.2, 0.25) is 0 Å². The third-order valence-electron chi connectivity index (χ3n) is 3.06. The minimum Gasteiger partial charge on any atom is -0.481 e. The van der Waals surface area contributed by atoms with E-state index in [-0.39, 0.29) is 25.5 Å². The first kappa shape index (κ1) is 13.5. The molecule has 0 spiro atoms. The van der Waals surface area contributed by atoms with Crippen molar-refractivity contribution in [3.63, 3.8) is 0 Å². The molecule has 1 atom stereocenters. The van der Waals surface area contributed by atoms with Gasteiger partial charge in [-0.1, -0.05) is 6.07 Å². The molecule has 0 bridgehead atoms. The van der Waals surface area contributed by atoms with Gasteiger partial charge >= 0.3 is 5.97 Å². The fourth-order valence-electron chi connectivity index (χ4n) is 2.43. The van der Waals surface area contributed by atoms with Gasteiger partial charge < -0.3 is 14.7 Å². The molecule has 2 rings (SSSR count). The van der Waals surface area contributed by atoms with Crippen LogP contribution in [0.1, 0.15) is 17.5 Å². The zero-order valence-corrected chi connectivity index (χ0v) is 11.0. The normalized spacial score (nSPS) is 19.6. The van der Waals surface area contributed by atoms with Gasteiger partial charge in [0.2, 0.25) is 0 Å². The molecule has 1 aliphatic heterocycles. The predicted octanol–water partition coefficient (Wildman–Crippen LogP) is 1.51. The molecule has 1 unspecified atom stereocenters. The Morgan fingerprint density at radius 3 is 2.58 bits per heavy atom. The van der Waals surface area contributed by atoms with E-state index in [9.17, 15) is 9.59 Å². The van der Waals surface area contributed by atoms with Crippen LogP contribution in [0.25, 0.3) is 0 Å². The SMILES string of the molecule is Cc1cc(C)cc(N2C(=O)COCC2CC(=O)O)c1. The molecule has 0 aliphatic carbocycles. The van der Waals surface area contributed by atoms with E-state index in [0.717, 1.165) is 16.8 Å². The average Bonchev–Trinajstić information content (AvgIpc) is 2.26. The van der Waals surface area contributed by atoms with Crippen LogP contribution in [0.15, 0.2) is 18.2 Å². The number of anilines is 1. The predicted molar refractivity (Wildman–Crippen MR) is 70.3 cm³/mol. The number of carboxylic acid groups (broad SMARTS) is 1. The highest BCUT2D eigenvalue weighted by Crippen LogP contribution is 2.24. The summed E-state index contributed by atoms with van der Waals surface area (Å²) in [6.45, 7) is 4.16. The Bertz CT molecular complexity index is 492. The number of nitrogens with zero attached hydrogens (tertiary/aromatic N) is 1. The Hall–Kier alpha value is -1.88. The minimum absolute atomic E-state index is 0.00308. The fourth-order valence-corrected chi connectivity index (χ4v) is 2.43. The van der Waals surface area contributed by atoms with Crippen molar-refractivity contribution in [1.82, 2.24) is 0 Å². The average molecular weight is 263 g/mol. The number of benzene rings is 1. The van der Waals surface area contributed by atoms with Crippen LogP contribution in [0.3, 0.4) is 0 Å². The summed E-state index contributed by atoms with van der Waals surface area (Å²) in [6, 6.07) is 5.36. The number of aryl methyl sites for hydroxylation is 2. The van der Waals surface area contributed by atoms with Gasteiger partial charge in [0.25, 0.3) is 5.91 Å². The number of aliphatic carboxylic acids is 1. The first-order valence-electron chi connectivity index (χ1n) is 6.17. The van der Waals surface area contributed by atoms with Gasteiger partial charge in [-0.2, -0.15) is 0 Å². The summed E-state index contributed by atoms with van der Waals surface area (Å²) in [5, 5.41) is 8.93. The molecule has 0 saturated carbocycles. The second-order valence-corrected chi connectivity index (χ2v) is 4.88.